The summed E-state index contributed by atoms with van der Waals surface area (Å²) >= 11 is 0. The van der Waals surface area contributed by atoms with Crippen LogP contribution in [0, 0.1) is 19.8 Å². The van der Waals surface area contributed by atoms with Gasteiger partial charge in [-0.15, -0.1) is 0 Å². The standard InChI is InChI=1S/C28H39N3O3/c1-20(2)18-33-19-25(32)16-30(21(3)4)17-27-23(6)29-31(24-12-8-7-9-13-24)28(27)34-26-14-10-11-22(5)15-26/h7-15,20-21,25,32H,16-19H2,1-6H3. The molecule has 1 atom stereocenters. The van der Waals surface area contributed by atoms with Gasteiger partial charge in [0.25, 0.3) is 0 Å². The second-order valence-electron chi connectivity index (χ2n) is 9.64. The van der Waals surface area contributed by atoms with Crippen molar-refractivity contribution in [3.8, 4) is 17.3 Å². The lowest BCUT2D eigenvalue weighted by Crippen LogP contribution is -2.39. The molecule has 0 aliphatic rings. The Kier molecular flexibility index (Phi) is 9.28. The molecule has 1 unspecified atom stereocenters. The van der Waals surface area contributed by atoms with E-state index >= 15 is 0 Å². The van der Waals surface area contributed by atoms with Gasteiger partial charge in [-0.25, -0.2) is 4.68 Å². The highest BCUT2D eigenvalue weighted by Crippen LogP contribution is 2.32. The van der Waals surface area contributed by atoms with Crippen molar-refractivity contribution in [2.24, 2.45) is 5.92 Å². The number of aliphatic hydroxyl groups excluding tert-OH is 1. The summed E-state index contributed by atoms with van der Waals surface area (Å²) in [7, 11) is 0. The van der Waals surface area contributed by atoms with E-state index in [1.807, 2.05) is 60.1 Å². The zero-order valence-electron chi connectivity index (χ0n) is 21.4. The topological polar surface area (TPSA) is 59.8 Å². The lowest BCUT2D eigenvalue weighted by Gasteiger charge is -2.29. The summed E-state index contributed by atoms with van der Waals surface area (Å²) in [5.41, 5.74) is 3.99. The summed E-state index contributed by atoms with van der Waals surface area (Å²) in [4.78, 5) is 2.24. The predicted octanol–water partition coefficient (Wildman–Crippen LogP) is 5.53. The Labute approximate surface area is 204 Å². The van der Waals surface area contributed by atoms with E-state index < -0.39 is 6.10 Å². The van der Waals surface area contributed by atoms with Gasteiger partial charge in [0, 0.05) is 25.7 Å². The number of aliphatic hydroxyl groups is 1. The molecule has 6 heteroatoms. The smallest absolute Gasteiger partial charge is 0.227 e. The maximum Gasteiger partial charge on any atom is 0.227 e. The average Bonchev–Trinajstić information content (AvgIpc) is 3.08. The number of para-hydroxylation sites is 1. The van der Waals surface area contributed by atoms with E-state index in [9.17, 15) is 5.11 Å². The van der Waals surface area contributed by atoms with Crippen LogP contribution in [0.25, 0.3) is 5.69 Å². The summed E-state index contributed by atoms with van der Waals surface area (Å²) < 4.78 is 14.0. The van der Waals surface area contributed by atoms with Crippen LogP contribution in [0.1, 0.15) is 44.5 Å². The molecule has 1 aromatic heterocycles. The normalized spacial score (nSPS) is 12.6. The molecule has 1 N–H and O–H groups in total. The number of nitrogens with zero attached hydrogens (tertiary/aromatic N) is 3. The number of benzene rings is 2. The van der Waals surface area contributed by atoms with Crippen LogP contribution in [0.5, 0.6) is 11.6 Å². The van der Waals surface area contributed by atoms with E-state index in [1.54, 1.807) is 0 Å². The van der Waals surface area contributed by atoms with Crippen molar-refractivity contribution < 1.29 is 14.6 Å². The van der Waals surface area contributed by atoms with Gasteiger partial charge in [0.2, 0.25) is 5.88 Å². The Morgan fingerprint density at radius 2 is 1.71 bits per heavy atom. The van der Waals surface area contributed by atoms with Gasteiger partial charge in [0.1, 0.15) is 5.75 Å². The highest BCUT2D eigenvalue weighted by Gasteiger charge is 2.24. The van der Waals surface area contributed by atoms with Gasteiger partial charge in [-0.1, -0.05) is 44.2 Å². The Bertz CT molecular complexity index is 1030. The molecule has 0 fully saturated rings. The van der Waals surface area contributed by atoms with Crippen LogP contribution >= 0.6 is 0 Å². The van der Waals surface area contributed by atoms with E-state index in [0.717, 1.165) is 28.3 Å². The van der Waals surface area contributed by atoms with Crippen molar-refractivity contribution in [1.82, 2.24) is 14.7 Å². The van der Waals surface area contributed by atoms with Crippen LogP contribution in [0.4, 0.5) is 0 Å². The van der Waals surface area contributed by atoms with Crippen molar-refractivity contribution in [1.29, 1.82) is 0 Å². The first-order chi connectivity index (χ1) is 16.2. The summed E-state index contributed by atoms with van der Waals surface area (Å²) in [6.07, 6.45) is -0.563. The third kappa shape index (κ3) is 7.16. The predicted molar refractivity (Wildman–Crippen MR) is 137 cm³/mol. The molecule has 184 valence electrons. The van der Waals surface area contributed by atoms with Crippen LogP contribution < -0.4 is 4.74 Å². The second kappa shape index (κ2) is 12.2. The fourth-order valence-electron chi connectivity index (χ4n) is 3.78. The highest BCUT2D eigenvalue weighted by atomic mass is 16.5. The third-order valence-electron chi connectivity index (χ3n) is 5.64. The molecular weight excluding hydrogens is 426 g/mol. The Morgan fingerprint density at radius 1 is 0.971 bits per heavy atom. The summed E-state index contributed by atoms with van der Waals surface area (Å²) in [5.74, 6) is 1.92. The monoisotopic (exact) mass is 465 g/mol. The second-order valence-corrected chi connectivity index (χ2v) is 9.64. The lowest BCUT2D eigenvalue weighted by molar-refractivity contribution is 0.00161. The van der Waals surface area contributed by atoms with Crippen molar-refractivity contribution in [3.63, 3.8) is 0 Å². The zero-order valence-corrected chi connectivity index (χ0v) is 21.4. The van der Waals surface area contributed by atoms with Gasteiger partial charge >= 0.3 is 0 Å². The van der Waals surface area contributed by atoms with E-state index in [2.05, 4.69) is 45.6 Å². The third-order valence-corrected chi connectivity index (χ3v) is 5.64. The maximum absolute atomic E-state index is 10.6. The highest BCUT2D eigenvalue weighted by molar-refractivity contribution is 5.43. The van der Waals surface area contributed by atoms with Crippen molar-refractivity contribution in [2.75, 3.05) is 19.8 Å². The van der Waals surface area contributed by atoms with Crippen molar-refractivity contribution >= 4 is 0 Å². The quantitative estimate of drug-likeness (QED) is 0.381. The van der Waals surface area contributed by atoms with Gasteiger partial charge in [0.15, 0.2) is 0 Å². The number of aryl methyl sites for hydroxylation is 2. The number of ether oxygens (including phenoxy) is 2. The molecule has 0 saturated heterocycles. The minimum absolute atomic E-state index is 0.228. The molecule has 2 aromatic carbocycles. The minimum Gasteiger partial charge on any atom is -0.439 e. The van der Waals surface area contributed by atoms with Gasteiger partial charge < -0.3 is 14.6 Å². The average molecular weight is 466 g/mol. The molecule has 0 radical (unpaired) electrons. The first-order valence-electron chi connectivity index (χ1n) is 12.1. The number of aromatic nitrogens is 2. The zero-order chi connectivity index (χ0) is 24.7. The van der Waals surface area contributed by atoms with Crippen LogP contribution in [0.15, 0.2) is 54.6 Å². The van der Waals surface area contributed by atoms with Crippen LogP contribution in [-0.4, -0.2) is 51.7 Å². The maximum atomic E-state index is 10.6. The van der Waals surface area contributed by atoms with Crippen LogP contribution in [0.3, 0.4) is 0 Å². The molecule has 6 nitrogen and oxygen atoms in total. The molecule has 0 bridgehead atoms. The Balaban J connectivity index is 1.90. The van der Waals surface area contributed by atoms with Crippen LogP contribution in [-0.2, 0) is 11.3 Å². The summed E-state index contributed by atoms with van der Waals surface area (Å²) in [6.45, 7) is 14.7. The summed E-state index contributed by atoms with van der Waals surface area (Å²) in [5, 5.41) is 15.5. The summed E-state index contributed by atoms with van der Waals surface area (Å²) in [6, 6.07) is 18.3. The molecule has 0 aliphatic carbocycles. The molecule has 0 spiro atoms. The fraction of sp³-hybridized carbons (Fsp3) is 0.464. The SMILES string of the molecule is Cc1cccc(Oc2c(CN(CC(O)COCC(C)C)C(C)C)c(C)nn2-c2ccccc2)c1. The molecule has 3 aromatic rings. The fourth-order valence-corrected chi connectivity index (χ4v) is 3.78. The minimum atomic E-state index is -0.563. The lowest BCUT2D eigenvalue weighted by atomic mass is 10.1. The largest absolute Gasteiger partial charge is 0.439 e. The van der Waals surface area contributed by atoms with Crippen molar-refractivity contribution in [2.45, 2.75) is 60.2 Å². The van der Waals surface area contributed by atoms with Gasteiger partial charge in [0.05, 0.1) is 29.7 Å². The van der Waals surface area contributed by atoms with Gasteiger partial charge in [-0.05, 0) is 63.4 Å². The van der Waals surface area contributed by atoms with Gasteiger partial charge in [-0.2, -0.15) is 5.10 Å². The van der Waals surface area contributed by atoms with Crippen LogP contribution in [0.2, 0.25) is 0 Å². The number of hydrogen-bond donors (Lipinski definition) is 1. The molecule has 34 heavy (non-hydrogen) atoms. The molecule has 0 saturated carbocycles. The molecular formula is C28H39N3O3. The number of hydrogen-bond acceptors (Lipinski definition) is 5. The molecule has 1 heterocycles. The van der Waals surface area contributed by atoms with E-state index in [4.69, 9.17) is 14.6 Å². The first kappa shape index (κ1) is 25.9. The first-order valence-corrected chi connectivity index (χ1v) is 12.1. The van der Waals surface area contributed by atoms with E-state index in [0.29, 0.717) is 38.1 Å². The molecule has 0 aliphatic heterocycles. The van der Waals surface area contributed by atoms with E-state index in [1.165, 1.54) is 0 Å². The Morgan fingerprint density at radius 3 is 2.35 bits per heavy atom. The van der Waals surface area contributed by atoms with Crippen molar-refractivity contribution in [3.05, 3.63) is 71.4 Å². The Hall–Kier alpha value is -2.67. The van der Waals surface area contributed by atoms with Gasteiger partial charge in [-0.3, -0.25) is 4.90 Å². The molecule has 0 amide bonds. The van der Waals surface area contributed by atoms with E-state index in [-0.39, 0.29) is 6.04 Å². The molecule has 3 rings (SSSR count). The number of rotatable bonds is 12.